The van der Waals surface area contributed by atoms with E-state index in [0.29, 0.717) is 18.6 Å². The molecule has 36 heavy (non-hydrogen) atoms. The van der Waals surface area contributed by atoms with Crippen molar-refractivity contribution in [1.29, 1.82) is 0 Å². The highest BCUT2D eigenvalue weighted by Gasteiger charge is 2.26. The smallest absolute Gasteiger partial charge is 0.129 e. The summed E-state index contributed by atoms with van der Waals surface area (Å²) in [5.41, 5.74) is 4.77. The molecule has 5 heteroatoms. The molecule has 1 heterocycles. The van der Waals surface area contributed by atoms with Crippen LogP contribution in [0.3, 0.4) is 0 Å². The van der Waals surface area contributed by atoms with E-state index in [1.165, 1.54) is 55.4 Å². The molecule has 1 saturated heterocycles. The first-order chi connectivity index (χ1) is 17.7. The lowest BCUT2D eigenvalue weighted by Gasteiger charge is -2.36. The fourth-order valence-electron chi connectivity index (χ4n) is 5.49. The van der Waals surface area contributed by atoms with E-state index in [1.54, 1.807) is 0 Å². The van der Waals surface area contributed by atoms with Crippen LogP contribution in [0, 0.1) is 11.7 Å². The Morgan fingerprint density at radius 3 is 2.75 bits per heavy atom. The van der Waals surface area contributed by atoms with Crippen molar-refractivity contribution in [3.8, 4) is 0 Å². The summed E-state index contributed by atoms with van der Waals surface area (Å²) in [5.74, 6) is 0.246. The third kappa shape index (κ3) is 8.01. The van der Waals surface area contributed by atoms with E-state index in [9.17, 15) is 4.39 Å². The zero-order valence-electron chi connectivity index (χ0n) is 21.8. The van der Waals surface area contributed by atoms with E-state index in [-0.39, 0.29) is 5.82 Å². The second kappa shape index (κ2) is 14.3. The van der Waals surface area contributed by atoms with Gasteiger partial charge in [-0.3, -0.25) is 4.90 Å². The molecule has 0 bridgehead atoms. The number of rotatable bonds is 11. The molecule has 0 spiro atoms. The number of hydrogen-bond donors (Lipinski definition) is 1. The maximum absolute atomic E-state index is 13.4. The molecule has 0 aromatic heterocycles. The fraction of sp³-hybridized carbons (Fsp3) is 0.516. The Kier molecular flexibility index (Phi) is 10.5. The molecule has 4 nitrogen and oxygen atoms in total. The van der Waals surface area contributed by atoms with Crippen molar-refractivity contribution in [2.24, 2.45) is 11.1 Å². The minimum Gasteiger partial charge on any atom is -0.394 e. The SMILES string of the molecule is CCCCC[C@@H]1CCCC(=Cc2ccc(F)cc2)C1=NOCCN1CCNC[C@@H]1Cc1ccccc1. The van der Waals surface area contributed by atoms with Gasteiger partial charge in [-0.2, -0.15) is 0 Å². The maximum Gasteiger partial charge on any atom is 0.129 e. The van der Waals surface area contributed by atoms with Crippen molar-refractivity contribution in [2.75, 3.05) is 32.8 Å². The Hall–Kier alpha value is -2.50. The summed E-state index contributed by atoms with van der Waals surface area (Å²) < 4.78 is 13.4. The molecule has 2 aromatic carbocycles. The summed E-state index contributed by atoms with van der Waals surface area (Å²) in [6, 6.07) is 18.0. The maximum atomic E-state index is 13.4. The molecule has 1 N–H and O–H groups in total. The largest absolute Gasteiger partial charge is 0.394 e. The van der Waals surface area contributed by atoms with Crippen LogP contribution >= 0.6 is 0 Å². The number of oxime groups is 1. The lowest BCUT2D eigenvalue weighted by molar-refractivity contribution is 0.0797. The summed E-state index contributed by atoms with van der Waals surface area (Å²) in [5, 5.41) is 8.31. The van der Waals surface area contributed by atoms with Crippen molar-refractivity contribution in [2.45, 2.75) is 64.3 Å². The molecule has 1 saturated carbocycles. The number of halogens is 1. The Morgan fingerprint density at radius 2 is 1.94 bits per heavy atom. The van der Waals surface area contributed by atoms with Crippen molar-refractivity contribution in [1.82, 2.24) is 10.2 Å². The van der Waals surface area contributed by atoms with E-state index in [1.807, 2.05) is 12.1 Å². The Labute approximate surface area is 216 Å². The van der Waals surface area contributed by atoms with Gasteiger partial charge >= 0.3 is 0 Å². The van der Waals surface area contributed by atoms with Crippen LogP contribution in [0.25, 0.3) is 6.08 Å². The van der Waals surface area contributed by atoms with E-state index in [2.05, 4.69) is 53.5 Å². The minimum absolute atomic E-state index is 0.200. The lowest BCUT2D eigenvalue weighted by Crippen LogP contribution is -2.53. The molecular formula is C31H42FN3O. The van der Waals surface area contributed by atoms with Crippen molar-refractivity contribution >= 4 is 11.8 Å². The van der Waals surface area contributed by atoms with Crippen LogP contribution in [0.5, 0.6) is 0 Å². The van der Waals surface area contributed by atoms with Gasteiger partial charge in [-0.05, 0) is 67.0 Å². The van der Waals surface area contributed by atoms with Crippen LogP contribution in [0.2, 0.25) is 0 Å². The van der Waals surface area contributed by atoms with Gasteiger partial charge in [0.25, 0.3) is 0 Å². The molecule has 2 atom stereocenters. The summed E-state index contributed by atoms with van der Waals surface area (Å²) in [6.45, 7) is 6.79. The molecule has 194 valence electrons. The number of piperazine rings is 1. The molecule has 0 unspecified atom stereocenters. The number of unbranched alkanes of at least 4 members (excludes halogenated alkanes) is 2. The zero-order chi connectivity index (χ0) is 25.0. The van der Waals surface area contributed by atoms with Gasteiger partial charge in [0.15, 0.2) is 0 Å². The highest BCUT2D eigenvalue weighted by molar-refractivity contribution is 6.05. The van der Waals surface area contributed by atoms with Gasteiger partial charge in [0.05, 0.1) is 5.71 Å². The van der Waals surface area contributed by atoms with Crippen molar-refractivity contribution in [3.63, 3.8) is 0 Å². The van der Waals surface area contributed by atoms with Crippen LogP contribution in [0.1, 0.15) is 63.0 Å². The Morgan fingerprint density at radius 1 is 1.11 bits per heavy atom. The number of allylic oxidation sites excluding steroid dienone is 1. The predicted molar refractivity (Wildman–Crippen MR) is 148 cm³/mol. The highest BCUT2D eigenvalue weighted by atomic mass is 19.1. The lowest BCUT2D eigenvalue weighted by atomic mass is 9.80. The molecule has 1 aliphatic carbocycles. The molecule has 2 aromatic rings. The Balaban J connectivity index is 1.40. The Bertz CT molecular complexity index is 973. The van der Waals surface area contributed by atoms with Gasteiger partial charge in [-0.15, -0.1) is 0 Å². The second-order valence-corrected chi connectivity index (χ2v) is 10.2. The first kappa shape index (κ1) is 26.6. The summed E-state index contributed by atoms with van der Waals surface area (Å²) in [7, 11) is 0. The number of nitrogens with one attached hydrogen (secondary N) is 1. The van der Waals surface area contributed by atoms with Crippen LogP contribution in [0.4, 0.5) is 4.39 Å². The topological polar surface area (TPSA) is 36.9 Å². The first-order valence-corrected chi connectivity index (χ1v) is 13.9. The summed E-state index contributed by atoms with van der Waals surface area (Å²) in [4.78, 5) is 8.56. The molecular weight excluding hydrogens is 449 g/mol. The normalized spacial score (nSPS) is 23.3. The zero-order valence-corrected chi connectivity index (χ0v) is 21.8. The van der Waals surface area contributed by atoms with E-state index >= 15 is 0 Å². The van der Waals surface area contributed by atoms with Crippen LogP contribution in [-0.4, -0.2) is 49.4 Å². The molecule has 0 amide bonds. The molecule has 4 rings (SSSR count). The number of nitrogens with zero attached hydrogens (tertiary/aromatic N) is 2. The van der Waals surface area contributed by atoms with E-state index < -0.39 is 0 Å². The minimum atomic E-state index is -0.200. The third-order valence-corrected chi connectivity index (χ3v) is 7.50. The number of hydrogen-bond acceptors (Lipinski definition) is 4. The van der Waals surface area contributed by atoms with E-state index in [0.717, 1.165) is 56.7 Å². The number of benzene rings is 2. The molecule has 1 aliphatic heterocycles. The predicted octanol–water partition coefficient (Wildman–Crippen LogP) is 6.48. The molecule has 2 fully saturated rings. The van der Waals surface area contributed by atoms with Crippen molar-refractivity contribution in [3.05, 3.63) is 77.1 Å². The van der Waals surface area contributed by atoms with Crippen LogP contribution in [-0.2, 0) is 11.3 Å². The standard InChI is InChI=1S/C31H42FN3O/c1-2-3-5-11-27-12-8-13-28(22-26-14-16-29(32)17-15-26)31(27)34-36-21-20-35-19-18-33-24-30(35)23-25-9-6-4-7-10-25/h4,6-7,9-10,14-17,22,27,30,33H,2-3,5,8,11-13,18-21,23-24H2,1H3/t27-,30+/m1/s1. The van der Waals surface area contributed by atoms with Gasteiger partial charge in [0, 0.05) is 38.1 Å². The summed E-state index contributed by atoms with van der Waals surface area (Å²) in [6.07, 6.45) is 11.4. The quantitative estimate of drug-likeness (QED) is 0.289. The van der Waals surface area contributed by atoms with E-state index in [4.69, 9.17) is 9.99 Å². The fourth-order valence-corrected chi connectivity index (χ4v) is 5.49. The molecule has 0 radical (unpaired) electrons. The summed E-state index contributed by atoms with van der Waals surface area (Å²) >= 11 is 0. The van der Waals surface area contributed by atoms with Crippen LogP contribution < -0.4 is 5.32 Å². The van der Waals surface area contributed by atoms with Gasteiger partial charge in [0.1, 0.15) is 12.4 Å². The highest BCUT2D eigenvalue weighted by Crippen LogP contribution is 2.31. The van der Waals surface area contributed by atoms with Gasteiger partial charge in [0.2, 0.25) is 0 Å². The molecule has 2 aliphatic rings. The van der Waals surface area contributed by atoms with Gasteiger partial charge in [-0.1, -0.05) is 73.8 Å². The van der Waals surface area contributed by atoms with Crippen molar-refractivity contribution < 1.29 is 9.23 Å². The monoisotopic (exact) mass is 491 g/mol. The van der Waals surface area contributed by atoms with Gasteiger partial charge < -0.3 is 10.2 Å². The average molecular weight is 492 g/mol. The third-order valence-electron chi connectivity index (χ3n) is 7.50. The second-order valence-electron chi connectivity index (χ2n) is 10.2. The average Bonchev–Trinajstić information content (AvgIpc) is 2.90. The first-order valence-electron chi connectivity index (χ1n) is 13.9. The van der Waals surface area contributed by atoms with Crippen LogP contribution in [0.15, 0.2) is 65.3 Å². The van der Waals surface area contributed by atoms with Gasteiger partial charge in [-0.25, -0.2) is 4.39 Å².